The number of benzene rings is 3. The Balaban J connectivity index is 1.27. The molecular weight excluding hydrogens is 430 g/mol. The van der Waals surface area contributed by atoms with Crippen LogP contribution in [0.1, 0.15) is 23.2 Å². The van der Waals surface area contributed by atoms with Crippen LogP contribution in [0.2, 0.25) is 0 Å². The molecule has 3 amide bonds. The molecule has 0 bridgehead atoms. The number of para-hydroxylation sites is 4. The molecule has 2 N–H and O–H groups in total. The van der Waals surface area contributed by atoms with Crippen LogP contribution in [0.25, 0.3) is 0 Å². The molecule has 0 spiro atoms. The Morgan fingerprint density at radius 1 is 0.882 bits per heavy atom. The van der Waals surface area contributed by atoms with Gasteiger partial charge in [-0.1, -0.05) is 42.5 Å². The van der Waals surface area contributed by atoms with Crippen LogP contribution in [0.5, 0.6) is 17.2 Å². The Bertz CT molecular complexity index is 1110. The number of nitrogens with zero attached hydrogens (tertiary/aromatic N) is 1. The molecule has 1 heterocycles. The molecule has 34 heavy (non-hydrogen) atoms. The zero-order valence-corrected chi connectivity index (χ0v) is 19.2. The minimum Gasteiger partial charge on any atom is -0.495 e. The summed E-state index contributed by atoms with van der Waals surface area (Å²) in [5.74, 6) is 1.98. The predicted octanol–water partition coefficient (Wildman–Crippen LogP) is 5.16. The number of carbonyl (C=O) groups is 2. The van der Waals surface area contributed by atoms with Gasteiger partial charge in [-0.3, -0.25) is 4.79 Å². The van der Waals surface area contributed by atoms with Crippen molar-refractivity contribution in [3.63, 3.8) is 0 Å². The highest BCUT2D eigenvalue weighted by molar-refractivity contribution is 5.97. The monoisotopic (exact) mass is 459 g/mol. The largest absolute Gasteiger partial charge is 0.495 e. The van der Waals surface area contributed by atoms with Crippen LogP contribution in [0.3, 0.4) is 0 Å². The summed E-state index contributed by atoms with van der Waals surface area (Å²) in [7, 11) is 1.58. The third-order valence-corrected chi connectivity index (χ3v) is 5.90. The first-order valence-electron chi connectivity index (χ1n) is 11.4. The second kappa shape index (κ2) is 11.2. The third kappa shape index (κ3) is 5.86. The number of carbonyl (C=O) groups excluding carboxylic acids is 2. The normalized spacial score (nSPS) is 13.7. The van der Waals surface area contributed by atoms with Crippen LogP contribution >= 0.6 is 0 Å². The molecule has 0 aromatic heterocycles. The van der Waals surface area contributed by atoms with E-state index < -0.39 is 0 Å². The molecule has 176 valence electrons. The number of anilines is 1. The molecule has 4 rings (SSSR count). The predicted molar refractivity (Wildman–Crippen MR) is 132 cm³/mol. The van der Waals surface area contributed by atoms with Gasteiger partial charge in [0, 0.05) is 19.6 Å². The average Bonchev–Trinajstić information content (AvgIpc) is 2.89. The molecule has 0 atom stereocenters. The van der Waals surface area contributed by atoms with E-state index in [4.69, 9.17) is 9.47 Å². The third-order valence-electron chi connectivity index (χ3n) is 5.90. The van der Waals surface area contributed by atoms with Crippen LogP contribution in [-0.4, -0.2) is 43.6 Å². The Hall–Kier alpha value is -4.00. The molecule has 7 nitrogen and oxygen atoms in total. The highest BCUT2D eigenvalue weighted by atomic mass is 16.5. The molecule has 1 aliphatic heterocycles. The zero-order chi connectivity index (χ0) is 23.8. The number of likely N-dealkylation sites (tertiary alicyclic amines) is 1. The number of methoxy groups -OCH3 is 1. The van der Waals surface area contributed by atoms with Crippen molar-refractivity contribution in [2.45, 2.75) is 12.8 Å². The highest BCUT2D eigenvalue weighted by Gasteiger charge is 2.24. The maximum atomic E-state index is 12.9. The van der Waals surface area contributed by atoms with Gasteiger partial charge in [0.05, 0.1) is 18.4 Å². The fourth-order valence-corrected chi connectivity index (χ4v) is 3.97. The molecule has 1 saturated heterocycles. The van der Waals surface area contributed by atoms with Crippen molar-refractivity contribution in [3.8, 4) is 17.2 Å². The summed E-state index contributed by atoms with van der Waals surface area (Å²) in [6.07, 6.45) is 1.64. The number of nitrogens with one attached hydrogen (secondary N) is 2. The molecule has 3 aromatic rings. The summed E-state index contributed by atoms with van der Waals surface area (Å²) in [6.45, 7) is 1.82. The van der Waals surface area contributed by atoms with Gasteiger partial charge in [-0.05, 0) is 55.2 Å². The quantitative estimate of drug-likeness (QED) is 0.511. The van der Waals surface area contributed by atoms with Crippen LogP contribution in [0.15, 0.2) is 78.9 Å². The van der Waals surface area contributed by atoms with Crippen molar-refractivity contribution in [3.05, 3.63) is 84.4 Å². The van der Waals surface area contributed by atoms with Crippen LogP contribution in [-0.2, 0) is 0 Å². The highest BCUT2D eigenvalue weighted by Crippen LogP contribution is 2.26. The van der Waals surface area contributed by atoms with E-state index in [1.165, 1.54) is 0 Å². The molecule has 7 heteroatoms. The SMILES string of the molecule is COc1ccccc1NC(=O)N1CCC(CNC(=O)c2ccccc2Oc2ccccc2)CC1. The molecule has 0 aliphatic carbocycles. The number of rotatable bonds is 7. The van der Waals surface area contributed by atoms with Gasteiger partial charge in [-0.15, -0.1) is 0 Å². The molecule has 1 aliphatic rings. The molecular formula is C27H29N3O4. The molecule has 3 aromatic carbocycles. The number of hydrogen-bond donors (Lipinski definition) is 2. The van der Waals surface area contributed by atoms with Crippen LogP contribution in [0, 0.1) is 5.92 Å². The maximum Gasteiger partial charge on any atom is 0.321 e. The lowest BCUT2D eigenvalue weighted by molar-refractivity contribution is 0.0936. The summed E-state index contributed by atoms with van der Waals surface area (Å²) in [5.41, 5.74) is 1.15. The van der Waals surface area contributed by atoms with E-state index in [0.29, 0.717) is 54.1 Å². The molecule has 0 saturated carbocycles. The first-order chi connectivity index (χ1) is 16.6. The van der Waals surface area contributed by atoms with Gasteiger partial charge in [-0.2, -0.15) is 0 Å². The lowest BCUT2D eigenvalue weighted by atomic mass is 9.97. The van der Waals surface area contributed by atoms with Gasteiger partial charge in [0.25, 0.3) is 5.91 Å². The standard InChI is InChI=1S/C27H29N3O4/c1-33-25-14-8-6-12-23(25)29-27(32)30-17-15-20(16-18-30)19-28-26(31)22-11-5-7-13-24(22)34-21-9-3-2-4-10-21/h2-14,20H,15-19H2,1H3,(H,28,31)(H,29,32). The molecule has 0 unspecified atom stereocenters. The van der Waals surface area contributed by atoms with E-state index in [1.807, 2.05) is 66.7 Å². The fourth-order valence-electron chi connectivity index (χ4n) is 3.97. The van der Waals surface area contributed by atoms with Crippen LogP contribution < -0.4 is 20.1 Å². The molecule has 1 fully saturated rings. The van der Waals surface area contributed by atoms with E-state index in [9.17, 15) is 9.59 Å². The van der Waals surface area contributed by atoms with Crippen LogP contribution in [0.4, 0.5) is 10.5 Å². The van der Waals surface area contributed by atoms with E-state index in [1.54, 1.807) is 24.1 Å². The number of piperidine rings is 1. The average molecular weight is 460 g/mol. The molecule has 0 radical (unpaired) electrons. The Morgan fingerprint density at radius 3 is 2.26 bits per heavy atom. The van der Waals surface area contributed by atoms with Crippen molar-refractivity contribution in [1.82, 2.24) is 10.2 Å². The van der Waals surface area contributed by atoms with E-state index in [2.05, 4.69) is 10.6 Å². The number of hydrogen-bond acceptors (Lipinski definition) is 4. The summed E-state index contributed by atoms with van der Waals surface area (Å²) >= 11 is 0. The minimum atomic E-state index is -0.164. The Morgan fingerprint density at radius 2 is 1.53 bits per heavy atom. The van der Waals surface area contributed by atoms with Gasteiger partial charge < -0.3 is 25.0 Å². The first-order valence-corrected chi connectivity index (χ1v) is 11.4. The zero-order valence-electron chi connectivity index (χ0n) is 19.2. The topological polar surface area (TPSA) is 79.9 Å². The van der Waals surface area contributed by atoms with Crippen molar-refractivity contribution >= 4 is 17.6 Å². The van der Waals surface area contributed by atoms with Crippen molar-refractivity contribution < 1.29 is 19.1 Å². The first kappa shape index (κ1) is 23.2. The lowest BCUT2D eigenvalue weighted by Crippen LogP contribution is -2.43. The van der Waals surface area contributed by atoms with Gasteiger partial charge in [0.2, 0.25) is 0 Å². The van der Waals surface area contributed by atoms with Gasteiger partial charge in [0.15, 0.2) is 0 Å². The van der Waals surface area contributed by atoms with E-state index >= 15 is 0 Å². The smallest absolute Gasteiger partial charge is 0.321 e. The Kier molecular flexibility index (Phi) is 7.65. The minimum absolute atomic E-state index is 0.140. The Labute approximate surface area is 199 Å². The second-order valence-electron chi connectivity index (χ2n) is 8.18. The summed E-state index contributed by atoms with van der Waals surface area (Å²) in [5, 5.41) is 5.96. The fraction of sp³-hybridized carbons (Fsp3) is 0.259. The van der Waals surface area contributed by atoms with Crippen molar-refractivity contribution in [1.29, 1.82) is 0 Å². The van der Waals surface area contributed by atoms with E-state index in [-0.39, 0.29) is 11.9 Å². The second-order valence-corrected chi connectivity index (χ2v) is 8.18. The number of urea groups is 1. The number of ether oxygens (including phenoxy) is 2. The number of amides is 3. The van der Waals surface area contributed by atoms with Gasteiger partial charge in [-0.25, -0.2) is 4.79 Å². The van der Waals surface area contributed by atoms with Gasteiger partial charge in [0.1, 0.15) is 17.2 Å². The van der Waals surface area contributed by atoms with Gasteiger partial charge >= 0.3 is 6.03 Å². The maximum absolute atomic E-state index is 12.9. The summed E-state index contributed by atoms with van der Waals surface area (Å²) in [4.78, 5) is 27.3. The lowest BCUT2D eigenvalue weighted by Gasteiger charge is -2.32. The summed E-state index contributed by atoms with van der Waals surface area (Å²) < 4.78 is 11.2. The van der Waals surface area contributed by atoms with Crippen molar-refractivity contribution in [2.75, 3.05) is 32.1 Å². The summed E-state index contributed by atoms with van der Waals surface area (Å²) in [6, 6.07) is 23.8. The van der Waals surface area contributed by atoms with E-state index in [0.717, 1.165) is 12.8 Å². The van der Waals surface area contributed by atoms with Crippen molar-refractivity contribution in [2.24, 2.45) is 5.92 Å².